The molecule has 0 spiro atoms. The molecule has 0 radical (unpaired) electrons. The van der Waals surface area contributed by atoms with Gasteiger partial charge in [-0.05, 0) is 43.3 Å². The molecule has 0 aromatic heterocycles. The Hall–Kier alpha value is -2.67. The molecule has 0 unspecified atom stereocenters. The number of halogens is 2. The third-order valence-corrected chi connectivity index (χ3v) is 4.84. The van der Waals surface area contributed by atoms with Gasteiger partial charge in [0.05, 0.1) is 26.2 Å². The molecule has 1 fully saturated rings. The van der Waals surface area contributed by atoms with Crippen molar-refractivity contribution in [3.8, 4) is 5.75 Å². The summed E-state index contributed by atoms with van der Waals surface area (Å²) in [7, 11) is 0. The number of rotatable bonds is 4. The monoisotopic (exact) mass is 362 g/mol. The number of amides is 1. The molecule has 0 bridgehead atoms. The molecule has 3 rings (SSSR count). The number of benzene rings is 2. The summed E-state index contributed by atoms with van der Waals surface area (Å²) < 4.78 is 27.4. The molecule has 5 nitrogen and oxygen atoms in total. The molecule has 7 heteroatoms. The number of hydrogen-bond donors (Lipinski definition) is 3. The van der Waals surface area contributed by atoms with Gasteiger partial charge in [0.25, 0.3) is 5.91 Å². The molecule has 26 heavy (non-hydrogen) atoms. The lowest BCUT2D eigenvalue weighted by Gasteiger charge is -2.36. The van der Waals surface area contributed by atoms with E-state index >= 15 is 0 Å². The predicted octanol–water partition coefficient (Wildman–Crippen LogP) is 1.40. The fourth-order valence-electron chi connectivity index (χ4n) is 3.18. The van der Waals surface area contributed by atoms with Gasteiger partial charge in [0.15, 0.2) is 6.04 Å². The summed E-state index contributed by atoms with van der Waals surface area (Å²) in [6.45, 7) is 4.74. The van der Waals surface area contributed by atoms with Crippen molar-refractivity contribution in [3.05, 3.63) is 54.1 Å². The van der Waals surface area contributed by atoms with Gasteiger partial charge in [0, 0.05) is 5.69 Å². The summed E-state index contributed by atoms with van der Waals surface area (Å²) in [5.74, 6) is -1.74. The first-order valence-electron chi connectivity index (χ1n) is 8.59. The zero-order chi connectivity index (χ0) is 18.7. The van der Waals surface area contributed by atoms with Gasteiger partial charge in [0.1, 0.15) is 23.1 Å². The number of carbonyl (C=O) groups is 1. The Kier molecular flexibility index (Phi) is 5.37. The van der Waals surface area contributed by atoms with E-state index in [4.69, 9.17) is 0 Å². The highest BCUT2D eigenvalue weighted by Crippen LogP contribution is 2.19. The molecule has 1 aliphatic rings. The maximum atomic E-state index is 13.7. The first-order valence-corrected chi connectivity index (χ1v) is 8.59. The minimum absolute atomic E-state index is 0.226. The fourth-order valence-corrected chi connectivity index (χ4v) is 3.18. The lowest BCUT2D eigenvalue weighted by Crippen LogP contribution is -3.19. The van der Waals surface area contributed by atoms with Crippen LogP contribution in [0.15, 0.2) is 42.5 Å². The third-order valence-electron chi connectivity index (χ3n) is 4.84. The zero-order valence-corrected chi connectivity index (χ0v) is 14.5. The van der Waals surface area contributed by atoms with Crippen molar-refractivity contribution >= 4 is 17.3 Å². The van der Waals surface area contributed by atoms with Crippen molar-refractivity contribution in [2.75, 3.05) is 36.4 Å². The summed E-state index contributed by atoms with van der Waals surface area (Å²) >= 11 is 0. The molecule has 138 valence electrons. The molecule has 2 aromatic rings. The number of nitrogens with zero attached hydrogens (tertiary/aromatic N) is 1. The highest BCUT2D eigenvalue weighted by Gasteiger charge is 2.30. The minimum atomic E-state index is -0.780. The van der Waals surface area contributed by atoms with Gasteiger partial charge in [-0.1, -0.05) is 6.07 Å². The van der Waals surface area contributed by atoms with Gasteiger partial charge in [0.2, 0.25) is 0 Å². The number of para-hydroxylation sites is 1. The Morgan fingerprint density at radius 3 is 2.27 bits per heavy atom. The Labute approximate surface area is 150 Å². The van der Waals surface area contributed by atoms with Crippen molar-refractivity contribution in [2.45, 2.75) is 13.0 Å². The van der Waals surface area contributed by atoms with Gasteiger partial charge in [-0.25, -0.2) is 8.78 Å². The number of anilines is 2. The summed E-state index contributed by atoms with van der Waals surface area (Å²) in [4.78, 5) is 15.6. The molecule has 0 saturated carbocycles. The third kappa shape index (κ3) is 3.94. The Balaban J connectivity index is 1.58. The minimum Gasteiger partial charge on any atom is -0.508 e. The number of piperazine rings is 1. The molecule has 2 aromatic carbocycles. The molecular weight excluding hydrogens is 340 g/mol. The van der Waals surface area contributed by atoms with Crippen LogP contribution in [-0.4, -0.2) is 43.2 Å². The standard InChI is InChI=1S/C19H21F2N3O2/c1-13(19(26)22-18-16(20)3-2-4-17(18)21)23-9-11-24(12-10-23)14-5-7-15(25)8-6-14/h2-8,13,25H,9-12H2,1H3,(H,22,26)/p+1/t13-/m1/s1. The van der Waals surface area contributed by atoms with Crippen LogP contribution in [0.5, 0.6) is 5.75 Å². The van der Waals surface area contributed by atoms with E-state index in [1.165, 1.54) is 6.07 Å². The van der Waals surface area contributed by atoms with E-state index < -0.39 is 29.3 Å². The molecule has 1 heterocycles. The highest BCUT2D eigenvalue weighted by atomic mass is 19.1. The molecule has 1 amide bonds. The van der Waals surface area contributed by atoms with Crippen LogP contribution >= 0.6 is 0 Å². The normalized spacial score (nSPS) is 16.3. The van der Waals surface area contributed by atoms with Gasteiger partial charge in [-0.3, -0.25) is 4.79 Å². The van der Waals surface area contributed by atoms with Crippen LogP contribution in [0.25, 0.3) is 0 Å². The second kappa shape index (κ2) is 7.70. The second-order valence-electron chi connectivity index (χ2n) is 6.47. The van der Waals surface area contributed by atoms with Crippen LogP contribution in [0.2, 0.25) is 0 Å². The average Bonchev–Trinajstić information content (AvgIpc) is 2.65. The maximum absolute atomic E-state index is 13.7. The molecule has 1 aliphatic heterocycles. The van der Waals surface area contributed by atoms with E-state index in [1.54, 1.807) is 19.1 Å². The van der Waals surface area contributed by atoms with Crippen molar-refractivity contribution < 1.29 is 23.6 Å². The molecule has 1 atom stereocenters. The zero-order valence-electron chi connectivity index (χ0n) is 14.5. The van der Waals surface area contributed by atoms with Crippen LogP contribution in [0.4, 0.5) is 20.2 Å². The van der Waals surface area contributed by atoms with E-state index in [9.17, 15) is 18.7 Å². The number of aromatic hydroxyl groups is 1. The summed E-state index contributed by atoms with van der Waals surface area (Å²) in [5, 5.41) is 11.7. The van der Waals surface area contributed by atoms with Crippen molar-refractivity contribution in [2.24, 2.45) is 0 Å². The largest absolute Gasteiger partial charge is 0.508 e. The first kappa shape index (κ1) is 18.1. The van der Waals surface area contributed by atoms with E-state index in [2.05, 4.69) is 10.2 Å². The average molecular weight is 362 g/mol. The van der Waals surface area contributed by atoms with Crippen molar-refractivity contribution in [3.63, 3.8) is 0 Å². The van der Waals surface area contributed by atoms with Crippen molar-refractivity contribution in [1.82, 2.24) is 0 Å². The van der Waals surface area contributed by atoms with Crippen molar-refractivity contribution in [1.29, 1.82) is 0 Å². The second-order valence-corrected chi connectivity index (χ2v) is 6.47. The summed E-state index contributed by atoms with van der Waals surface area (Å²) in [6, 6.07) is 10.1. The number of nitrogens with one attached hydrogen (secondary N) is 2. The molecule has 3 N–H and O–H groups in total. The Morgan fingerprint density at radius 1 is 1.12 bits per heavy atom. The van der Waals surface area contributed by atoms with Crippen LogP contribution in [0.3, 0.4) is 0 Å². The highest BCUT2D eigenvalue weighted by molar-refractivity contribution is 5.93. The van der Waals surface area contributed by atoms with E-state index in [0.717, 1.165) is 48.9 Å². The quantitative estimate of drug-likeness (QED) is 0.771. The molecular formula is C19H22F2N3O2+. The predicted molar refractivity (Wildman–Crippen MR) is 95.5 cm³/mol. The van der Waals surface area contributed by atoms with Crippen LogP contribution in [0, 0.1) is 11.6 Å². The summed E-state index contributed by atoms with van der Waals surface area (Å²) in [6.07, 6.45) is 0. The lowest BCUT2D eigenvalue weighted by molar-refractivity contribution is -0.914. The number of hydrogen-bond acceptors (Lipinski definition) is 3. The summed E-state index contributed by atoms with van der Waals surface area (Å²) in [5.41, 5.74) is 0.624. The van der Waals surface area contributed by atoms with Gasteiger partial charge >= 0.3 is 0 Å². The van der Waals surface area contributed by atoms with E-state index in [0.29, 0.717) is 0 Å². The van der Waals surface area contributed by atoms with Gasteiger partial charge < -0.3 is 20.2 Å². The van der Waals surface area contributed by atoms with E-state index in [1.807, 2.05) is 12.1 Å². The van der Waals surface area contributed by atoms with E-state index in [-0.39, 0.29) is 5.75 Å². The Bertz CT molecular complexity index is 755. The number of phenolic OH excluding ortho intramolecular Hbond substituents is 1. The maximum Gasteiger partial charge on any atom is 0.282 e. The Morgan fingerprint density at radius 2 is 1.69 bits per heavy atom. The van der Waals surface area contributed by atoms with Crippen LogP contribution in [0.1, 0.15) is 6.92 Å². The van der Waals surface area contributed by atoms with Gasteiger partial charge in [-0.2, -0.15) is 0 Å². The molecule has 1 saturated heterocycles. The topological polar surface area (TPSA) is 57.0 Å². The number of quaternary nitrogens is 1. The van der Waals surface area contributed by atoms with Gasteiger partial charge in [-0.15, -0.1) is 0 Å². The van der Waals surface area contributed by atoms with Crippen LogP contribution in [-0.2, 0) is 4.79 Å². The smallest absolute Gasteiger partial charge is 0.282 e. The number of carbonyl (C=O) groups excluding carboxylic acids is 1. The van der Waals surface area contributed by atoms with Crippen LogP contribution < -0.4 is 15.1 Å². The lowest BCUT2D eigenvalue weighted by atomic mass is 10.2. The first-order chi connectivity index (χ1) is 12.5. The fraction of sp³-hybridized carbons (Fsp3) is 0.316. The molecule has 0 aliphatic carbocycles. The number of phenols is 1. The SMILES string of the molecule is C[C@H](C(=O)Nc1c(F)cccc1F)[NH+]1CCN(c2ccc(O)cc2)CC1.